The lowest BCUT2D eigenvalue weighted by Gasteiger charge is -2.42. The molecule has 0 aromatic heterocycles. The minimum atomic E-state index is -0.212. The number of fused-ring (bicyclic) bond motifs is 1. The molecule has 1 aliphatic carbocycles. The molecule has 4 atom stereocenters. The lowest BCUT2D eigenvalue weighted by molar-refractivity contribution is -0.0536. The summed E-state index contributed by atoms with van der Waals surface area (Å²) in [6, 6.07) is 8.14. The zero-order valence-electron chi connectivity index (χ0n) is 12.5. The molecule has 1 aliphatic heterocycles. The standard InChI is InChI=1S/C17H23NO2/c1-11-7-6-10-15(12(11)2)18-16(19)13-8-4-5-9-14(13)17(18)20-3/h4-5,8-9,11-12,15,17H,6-7,10H2,1-3H3. The first kappa shape index (κ1) is 13.6. The maximum atomic E-state index is 12.8. The molecule has 1 heterocycles. The summed E-state index contributed by atoms with van der Waals surface area (Å²) < 4.78 is 5.66. The van der Waals surface area contributed by atoms with Crippen molar-refractivity contribution in [3.05, 3.63) is 35.4 Å². The topological polar surface area (TPSA) is 29.5 Å². The summed E-state index contributed by atoms with van der Waals surface area (Å²) in [6.07, 6.45) is 3.35. The molecule has 3 rings (SSSR count). The van der Waals surface area contributed by atoms with Crippen LogP contribution in [0.2, 0.25) is 0 Å². The average molecular weight is 273 g/mol. The van der Waals surface area contributed by atoms with E-state index in [2.05, 4.69) is 13.8 Å². The number of amides is 1. The average Bonchev–Trinajstić information content (AvgIpc) is 2.75. The highest BCUT2D eigenvalue weighted by atomic mass is 16.5. The van der Waals surface area contributed by atoms with Crippen molar-refractivity contribution in [2.24, 2.45) is 11.8 Å². The van der Waals surface area contributed by atoms with Crippen LogP contribution in [-0.4, -0.2) is 24.0 Å². The van der Waals surface area contributed by atoms with Crippen molar-refractivity contribution >= 4 is 5.91 Å². The van der Waals surface area contributed by atoms with E-state index >= 15 is 0 Å². The van der Waals surface area contributed by atoms with Gasteiger partial charge in [-0.15, -0.1) is 0 Å². The summed E-state index contributed by atoms with van der Waals surface area (Å²) >= 11 is 0. The van der Waals surface area contributed by atoms with Gasteiger partial charge in [-0.3, -0.25) is 4.79 Å². The fraction of sp³-hybridized carbons (Fsp3) is 0.588. The Bertz CT molecular complexity index is 513. The second kappa shape index (κ2) is 5.21. The largest absolute Gasteiger partial charge is 0.357 e. The zero-order valence-corrected chi connectivity index (χ0v) is 12.5. The van der Waals surface area contributed by atoms with Gasteiger partial charge in [-0.25, -0.2) is 0 Å². The molecule has 0 radical (unpaired) electrons. The van der Waals surface area contributed by atoms with E-state index in [9.17, 15) is 4.79 Å². The van der Waals surface area contributed by atoms with E-state index in [4.69, 9.17) is 4.74 Å². The van der Waals surface area contributed by atoms with Crippen molar-refractivity contribution in [1.82, 2.24) is 4.90 Å². The van der Waals surface area contributed by atoms with Crippen LogP contribution in [0.5, 0.6) is 0 Å². The molecular formula is C17H23NO2. The van der Waals surface area contributed by atoms with Gasteiger partial charge in [0.2, 0.25) is 0 Å². The van der Waals surface area contributed by atoms with Gasteiger partial charge in [0.25, 0.3) is 5.91 Å². The number of rotatable bonds is 2. The lowest BCUT2D eigenvalue weighted by atomic mass is 9.77. The first-order valence-corrected chi connectivity index (χ1v) is 7.59. The highest BCUT2D eigenvalue weighted by Gasteiger charge is 2.44. The van der Waals surface area contributed by atoms with Crippen LogP contribution >= 0.6 is 0 Å². The first-order chi connectivity index (χ1) is 9.65. The Balaban J connectivity index is 1.96. The number of hydrogen-bond acceptors (Lipinski definition) is 2. The molecule has 108 valence electrons. The van der Waals surface area contributed by atoms with Crippen molar-refractivity contribution in [1.29, 1.82) is 0 Å². The number of benzene rings is 1. The van der Waals surface area contributed by atoms with Crippen molar-refractivity contribution in [3.8, 4) is 0 Å². The molecule has 0 spiro atoms. The second-order valence-corrected chi connectivity index (χ2v) is 6.22. The van der Waals surface area contributed by atoms with Crippen LogP contribution in [0.1, 0.15) is 55.3 Å². The van der Waals surface area contributed by atoms with E-state index in [0.717, 1.165) is 17.5 Å². The minimum absolute atomic E-state index is 0.137. The Morgan fingerprint density at radius 3 is 2.70 bits per heavy atom. The summed E-state index contributed by atoms with van der Waals surface area (Å²) in [5.41, 5.74) is 1.83. The van der Waals surface area contributed by atoms with E-state index in [-0.39, 0.29) is 12.1 Å². The number of carbonyl (C=O) groups is 1. The van der Waals surface area contributed by atoms with Crippen molar-refractivity contribution in [2.45, 2.75) is 45.4 Å². The molecule has 0 bridgehead atoms. The first-order valence-electron chi connectivity index (χ1n) is 7.59. The molecule has 2 aliphatic rings. The third-order valence-corrected chi connectivity index (χ3v) is 5.19. The van der Waals surface area contributed by atoms with Crippen molar-refractivity contribution in [3.63, 3.8) is 0 Å². The maximum absolute atomic E-state index is 12.8. The summed E-state index contributed by atoms with van der Waals surface area (Å²) in [6.45, 7) is 4.57. The van der Waals surface area contributed by atoms with Crippen LogP contribution in [-0.2, 0) is 4.74 Å². The van der Waals surface area contributed by atoms with E-state index < -0.39 is 0 Å². The molecule has 1 aromatic rings. The molecule has 3 heteroatoms. The quantitative estimate of drug-likeness (QED) is 0.823. The van der Waals surface area contributed by atoms with Crippen molar-refractivity contribution < 1.29 is 9.53 Å². The molecule has 0 saturated heterocycles. The number of methoxy groups -OCH3 is 1. The van der Waals surface area contributed by atoms with Gasteiger partial charge in [-0.1, -0.05) is 44.9 Å². The Hall–Kier alpha value is -1.35. The fourth-order valence-electron chi connectivity index (χ4n) is 3.81. The number of nitrogens with zero attached hydrogens (tertiary/aromatic N) is 1. The molecule has 1 saturated carbocycles. The van der Waals surface area contributed by atoms with Gasteiger partial charge in [0.05, 0.1) is 0 Å². The molecule has 4 unspecified atom stereocenters. The number of hydrogen-bond donors (Lipinski definition) is 0. The third-order valence-electron chi connectivity index (χ3n) is 5.19. The molecular weight excluding hydrogens is 250 g/mol. The highest BCUT2D eigenvalue weighted by Crippen LogP contribution is 2.42. The predicted octanol–water partition coefficient (Wildman–Crippen LogP) is 3.61. The second-order valence-electron chi connectivity index (χ2n) is 6.22. The Labute approximate surface area is 120 Å². The summed E-state index contributed by atoms with van der Waals surface area (Å²) in [5, 5.41) is 0. The van der Waals surface area contributed by atoms with Crippen LogP contribution in [0.3, 0.4) is 0 Å². The molecule has 20 heavy (non-hydrogen) atoms. The van der Waals surface area contributed by atoms with E-state index in [1.54, 1.807) is 7.11 Å². The van der Waals surface area contributed by atoms with Crippen LogP contribution in [0.4, 0.5) is 0 Å². The highest BCUT2D eigenvalue weighted by molar-refractivity contribution is 5.99. The summed E-state index contributed by atoms with van der Waals surface area (Å²) in [5.74, 6) is 1.33. The van der Waals surface area contributed by atoms with Crippen LogP contribution in [0.15, 0.2) is 24.3 Å². The Morgan fingerprint density at radius 2 is 1.95 bits per heavy atom. The molecule has 3 nitrogen and oxygen atoms in total. The summed E-state index contributed by atoms with van der Waals surface area (Å²) in [7, 11) is 1.70. The van der Waals surface area contributed by atoms with Gasteiger partial charge in [0.15, 0.2) is 6.23 Å². The van der Waals surface area contributed by atoms with Gasteiger partial charge in [0.1, 0.15) is 0 Å². The van der Waals surface area contributed by atoms with Gasteiger partial charge in [-0.05, 0) is 24.3 Å². The fourth-order valence-corrected chi connectivity index (χ4v) is 3.81. The number of carbonyl (C=O) groups excluding carboxylic acids is 1. The van der Waals surface area contributed by atoms with E-state index in [0.29, 0.717) is 17.9 Å². The normalized spacial score (nSPS) is 33.4. The van der Waals surface area contributed by atoms with Crippen LogP contribution in [0.25, 0.3) is 0 Å². The molecule has 1 amide bonds. The monoisotopic (exact) mass is 273 g/mol. The summed E-state index contributed by atoms with van der Waals surface area (Å²) in [4.78, 5) is 14.8. The molecule has 1 aromatic carbocycles. The van der Waals surface area contributed by atoms with E-state index in [1.807, 2.05) is 29.2 Å². The van der Waals surface area contributed by atoms with Crippen molar-refractivity contribution in [2.75, 3.05) is 7.11 Å². The zero-order chi connectivity index (χ0) is 14.3. The SMILES string of the molecule is COC1c2ccccc2C(=O)N1C1CCCC(C)C1C. The van der Waals surface area contributed by atoms with Gasteiger partial charge < -0.3 is 9.64 Å². The van der Waals surface area contributed by atoms with Gasteiger partial charge >= 0.3 is 0 Å². The van der Waals surface area contributed by atoms with Crippen LogP contribution < -0.4 is 0 Å². The Kier molecular flexibility index (Phi) is 3.55. The lowest BCUT2D eigenvalue weighted by Crippen LogP contribution is -2.46. The smallest absolute Gasteiger partial charge is 0.256 e. The maximum Gasteiger partial charge on any atom is 0.256 e. The van der Waals surface area contributed by atoms with Gasteiger partial charge in [0, 0.05) is 24.3 Å². The van der Waals surface area contributed by atoms with Crippen LogP contribution in [0, 0.1) is 11.8 Å². The third kappa shape index (κ3) is 1.96. The number of ether oxygens (including phenoxy) is 1. The molecule has 1 fully saturated rings. The molecule has 0 N–H and O–H groups in total. The van der Waals surface area contributed by atoms with E-state index in [1.165, 1.54) is 12.8 Å². The minimum Gasteiger partial charge on any atom is -0.357 e. The predicted molar refractivity (Wildman–Crippen MR) is 78.3 cm³/mol. The van der Waals surface area contributed by atoms with Gasteiger partial charge in [-0.2, -0.15) is 0 Å². The Morgan fingerprint density at radius 1 is 1.20 bits per heavy atom.